The van der Waals surface area contributed by atoms with E-state index < -0.39 is 15.7 Å². The highest BCUT2D eigenvalue weighted by Gasteiger charge is 2.24. The molecule has 5 heteroatoms. The molecule has 0 atom stereocenters. The Kier molecular flexibility index (Phi) is 3.90. The van der Waals surface area contributed by atoms with Crippen LogP contribution in [0.3, 0.4) is 0 Å². The SMILES string of the molecule is Nc1ccc(F)cc1S(=O)(=O)CC1CCCCC1. The van der Waals surface area contributed by atoms with Gasteiger partial charge in [-0.25, -0.2) is 12.8 Å². The Morgan fingerprint density at radius 2 is 1.89 bits per heavy atom. The van der Waals surface area contributed by atoms with Gasteiger partial charge in [-0.1, -0.05) is 19.3 Å². The van der Waals surface area contributed by atoms with Crippen molar-refractivity contribution in [2.24, 2.45) is 5.92 Å². The minimum Gasteiger partial charge on any atom is -0.398 e. The van der Waals surface area contributed by atoms with Crippen LogP contribution in [0.25, 0.3) is 0 Å². The molecule has 1 aromatic rings. The minimum atomic E-state index is -3.48. The van der Waals surface area contributed by atoms with Crippen molar-refractivity contribution in [1.29, 1.82) is 0 Å². The summed E-state index contributed by atoms with van der Waals surface area (Å²) >= 11 is 0. The molecule has 2 N–H and O–H groups in total. The lowest BCUT2D eigenvalue weighted by atomic mass is 9.91. The monoisotopic (exact) mass is 271 g/mol. The molecule has 0 spiro atoms. The zero-order valence-electron chi connectivity index (χ0n) is 10.2. The number of benzene rings is 1. The van der Waals surface area contributed by atoms with E-state index in [9.17, 15) is 12.8 Å². The van der Waals surface area contributed by atoms with E-state index in [1.807, 2.05) is 0 Å². The zero-order valence-corrected chi connectivity index (χ0v) is 11.0. The second-order valence-corrected chi connectivity index (χ2v) is 6.97. The fourth-order valence-electron chi connectivity index (χ4n) is 2.53. The molecule has 1 fully saturated rings. The van der Waals surface area contributed by atoms with E-state index in [1.165, 1.54) is 18.6 Å². The first-order chi connectivity index (χ1) is 8.49. The van der Waals surface area contributed by atoms with Crippen LogP contribution in [0.4, 0.5) is 10.1 Å². The Labute approximate surface area is 107 Å². The molecule has 0 radical (unpaired) electrons. The quantitative estimate of drug-likeness (QED) is 0.860. The normalized spacial score (nSPS) is 17.8. The smallest absolute Gasteiger partial charge is 0.180 e. The standard InChI is InChI=1S/C13H18FNO2S/c14-11-6-7-12(15)13(8-11)18(16,17)9-10-4-2-1-3-5-10/h6-8,10H,1-5,9,15H2. The number of halogens is 1. The number of hydrogen-bond donors (Lipinski definition) is 1. The van der Waals surface area contributed by atoms with Gasteiger partial charge in [-0.05, 0) is 37.0 Å². The fraction of sp³-hybridized carbons (Fsp3) is 0.538. The van der Waals surface area contributed by atoms with Crippen molar-refractivity contribution < 1.29 is 12.8 Å². The van der Waals surface area contributed by atoms with Gasteiger partial charge in [-0.15, -0.1) is 0 Å². The maximum absolute atomic E-state index is 13.1. The van der Waals surface area contributed by atoms with Crippen LogP contribution >= 0.6 is 0 Å². The van der Waals surface area contributed by atoms with Crippen LogP contribution < -0.4 is 5.73 Å². The van der Waals surface area contributed by atoms with Gasteiger partial charge in [-0.2, -0.15) is 0 Å². The Hall–Kier alpha value is -1.10. The lowest BCUT2D eigenvalue weighted by Crippen LogP contribution is -2.19. The summed E-state index contributed by atoms with van der Waals surface area (Å²) in [5, 5.41) is 0. The van der Waals surface area contributed by atoms with Crippen LogP contribution in [0.1, 0.15) is 32.1 Å². The molecule has 1 aliphatic rings. The number of rotatable bonds is 3. The molecule has 2 rings (SSSR count). The van der Waals surface area contributed by atoms with Crippen molar-refractivity contribution in [2.75, 3.05) is 11.5 Å². The Bertz CT molecular complexity index is 522. The van der Waals surface area contributed by atoms with E-state index >= 15 is 0 Å². The van der Waals surface area contributed by atoms with E-state index in [0.717, 1.165) is 31.7 Å². The molecule has 3 nitrogen and oxygen atoms in total. The first kappa shape index (κ1) is 13.3. The molecule has 18 heavy (non-hydrogen) atoms. The van der Waals surface area contributed by atoms with Gasteiger partial charge in [0.2, 0.25) is 0 Å². The predicted octanol–water partition coefficient (Wildman–Crippen LogP) is 2.76. The van der Waals surface area contributed by atoms with Crippen molar-refractivity contribution >= 4 is 15.5 Å². The van der Waals surface area contributed by atoms with Crippen LogP contribution in [0.2, 0.25) is 0 Å². The topological polar surface area (TPSA) is 60.2 Å². The van der Waals surface area contributed by atoms with E-state index in [-0.39, 0.29) is 22.3 Å². The average Bonchev–Trinajstić information content (AvgIpc) is 2.33. The number of nitrogens with two attached hydrogens (primary N) is 1. The summed E-state index contributed by atoms with van der Waals surface area (Å²) in [6.07, 6.45) is 5.22. The molecule has 1 aliphatic carbocycles. The molecule has 0 heterocycles. The van der Waals surface area contributed by atoms with E-state index in [2.05, 4.69) is 0 Å². The van der Waals surface area contributed by atoms with Crippen molar-refractivity contribution in [3.05, 3.63) is 24.0 Å². The first-order valence-electron chi connectivity index (χ1n) is 6.27. The summed E-state index contributed by atoms with van der Waals surface area (Å²) in [6, 6.07) is 3.51. The second-order valence-electron chi connectivity index (χ2n) is 4.97. The van der Waals surface area contributed by atoms with Crippen LogP contribution in [0.5, 0.6) is 0 Å². The number of sulfone groups is 1. The van der Waals surface area contributed by atoms with Crippen LogP contribution in [0, 0.1) is 11.7 Å². The van der Waals surface area contributed by atoms with Crippen LogP contribution in [0.15, 0.2) is 23.1 Å². The lowest BCUT2D eigenvalue weighted by molar-refractivity contribution is 0.385. The number of anilines is 1. The Morgan fingerprint density at radius 3 is 2.56 bits per heavy atom. The summed E-state index contributed by atoms with van der Waals surface area (Å²) in [5.41, 5.74) is 5.77. The molecule has 0 aliphatic heterocycles. The maximum Gasteiger partial charge on any atom is 0.180 e. The van der Waals surface area contributed by atoms with Crippen LogP contribution in [-0.4, -0.2) is 14.2 Å². The molecule has 0 bridgehead atoms. The van der Waals surface area contributed by atoms with Crippen molar-refractivity contribution in [2.45, 2.75) is 37.0 Å². The van der Waals surface area contributed by atoms with E-state index in [0.29, 0.717) is 0 Å². The third-order valence-corrected chi connectivity index (χ3v) is 5.42. The molecule has 100 valence electrons. The van der Waals surface area contributed by atoms with Gasteiger partial charge in [0.25, 0.3) is 0 Å². The lowest BCUT2D eigenvalue weighted by Gasteiger charge is -2.21. The van der Waals surface area contributed by atoms with E-state index in [4.69, 9.17) is 5.73 Å². The van der Waals surface area contributed by atoms with Gasteiger partial charge in [0.15, 0.2) is 9.84 Å². The zero-order chi connectivity index (χ0) is 13.2. The highest BCUT2D eigenvalue weighted by Crippen LogP contribution is 2.29. The molecule has 0 amide bonds. The van der Waals surface area contributed by atoms with Crippen molar-refractivity contribution in [3.63, 3.8) is 0 Å². The largest absolute Gasteiger partial charge is 0.398 e. The van der Waals surface area contributed by atoms with Gasteiger partial charge in [-0.3, -0.25) is 0 Å². The van der Waals surface area contributed by atoms with Gasteiger partial charge < -0.3 is 5.73 Å². The summed E-state index contributed by atoms with van der Waals surface area (Å²) < 4.78 is 37.6. The first-order valence-corrected chi connectivity index (χ1v) is 7.92. The summed E-state index contributed by atoms with van der Waals surface area (Å²) in [6.45, 7) is 0. The molecule has 0 aromatic heterocycles. The molecular weight excluding hydrogens is 253 g/mol. The van der Waals surface area contributed by atoms with Crippen molar-refractivity contribution in [1.82, 2.24) is 0 Å². The number of hydrogen-bond acceptors (Lipinski definition) is 3. The summed E-state index contributed by atoms with van der Waals surface area (Å²) in [4.78, 5) is -0.0620. The summed E-state index contributed by atoms with van der Waals surface area (Å²) in [5.74, 6) is -0.293. The summed E-state index contributed by atoms with van der Waals surface area (Å²) in [7, 11) is -3.48. The minimum absolute atomic E-state index is 0.0620. The van der Waals surface area contributed by atoms with E-state index in [1.54, 1.807) is 0 Å². The van der Waals surface area contributed by atoms with Gasteiger partial charge in [0, 0.05) is 0 Å². The Morgan fingerprint density at radius 1 is 1.22 bits per heavy atom. The molecular formula is C13H18FNO2S. The molecule has 1 saturated carbocycles. The Balaban J connectivity index is 2.21. The molecule has 0 saturated heterocycles. The highest BCUT2D eigenvalue weighted by molar-refractivity contribution is 7.91. The van der Waals surface area contributed by atoms with Gasteiger partial charge in [0.1, 0.15) is 5.82 Å². The highest BCUT2D eigenvalue weighted by atomic mass is 32.2. The number of nitrogen functional groups attached to an aromatic ring is 1. The van der Waals surface area contributed by atoms with Crippen molar-refractivity contribution in [3.8, 4) is 0 Å². The second kappa shape index (κ2) is 5.26. The fourth-order valence-corrected chi connectivity index (χ4v) is 4.38. The maximum atomic E-state index is 13.1. The molecule has 1 aromatic carbocycles. The average molecular weight is 271 g/mol. The third-order valence-electron chi connectivity index (χ3n) is 3.49. The predicted molar refractivity (Wildman–Crippen MR) is 69.4 cm³/mol. The third kappa shape index (κ3) is 3.02. The van der Waals surface area contributed by atoms with Gasteiger partial charge >= 0.3 is 0 Å². The van der Waals surface area contributed by atoms with Crippen LogP contribution in [-0.2, 0) is 9.84 Å². The molecule has 0 unspecified atom stereocenters. The van der Waals surface area contributed by atoms with Gasteiger partial charge in [0.05, 0.1) is 16.3 Å².